The molecule has 0 amide bonds. The SMILES string of the molecule is C=C(CC(C)(CC(C)(CC(C)(CC(C)(CC(C)(CC(C)(CC(C)(CC(C)(CC(C)(CC(C)(C)C(=O)OC)C(=O)OC)C(=O)OC)C(=O)OC)C(=O)OC)C(=O)OC)C(=O)OC)C(=O)OCCO)C(=O)OCCO)C(=O)OCCO)C(=O)OCCOc1ccc(-c2ccc(CN[C@H](C)[C@@H](O)c3ccccc3)cc2)cc1. The average Bonchev–Trinajstić information content (AvgIpc) is 0.759. The predicted molar refractivity (Wildman–Crippen MR) is 396 cm³/mol. The Hall–Kier alpha value is -8.83. The molecule has 0 aliphatic carbocycles. The van der Waals surface area contributed by atoms with Crippen LogP contribution in [0.4, 0.5) is 0 Å². The minimum Gasteiger partial charge on any atom is -0.490 e. The molecule has 28 heteroatoms. The van der Waals surface area contributed by atoms with Crippen LogP contribution in [0.3, 0.4) is 0 Å². The Bertz CT molecular complexity index is 3600. The number of aliphatic hydroxyl groups is 4. The van der Waals surface area contributed by atoms with E-state index in [1.54, 1.807) is 12.1 Å². The van der Waals surface area contributed by atoms with E-state index < -0.39 is 223 Å². The van der Waals surface area contributed by atoms with Crippen LogP contribution in [0.15, 0.2) is 91.0 Å². The lowest BCUT2D eigenvalue weighted by atomic mass is 9.56. The molecule has 5 N–H and O–H groups in total. The quantitative estimate of drug-likeness (QED) is 0.0152. The third-order valence-corrected chi connectivity index (χ3v) is 20.2. The maximum absolute atomic E-state index is 15.0. The van der Waals surface area contributed by atoms with E-state index in [1.807, 2.05) is 73.7 Å². The van der Waals surface area contributed by atoms with Crippen molar-refractivity contribution in [2.24, 2.45) is 54.1 Å². The van der Waals surface area contributed by atoms with E-state index in [0.29, 0.717) is 12.3 Å². The second-order valence-corrected chi connectivity index (χ2v) is 31.6. The molecule has 0 aliphatic heterocycles. The van der Waals surface area contributed by atoms with Crippen LogP contribution in [-0.4, -0.2) is 195 Å². The molecule has 0 aliphatic rings. The van der Waals surface area contributed by atoms with Crippen molar-refractivity contribution in [3.8, 4) is 16.9 Å². The van der Waals surface area contributed by atoms with E-state index in [0.717, 1.165) is 64.9 Å². The minimum absolute atomic E-state index is 0.129. The lowest BCUT2D eigenvalue weighted by molar-refractivity contribution is -0.175. The highest BCUT2D eigenvalue weighted by Crippen LogP contribution is 2.57. The third-order valence-electron chi connectivity index (χ3n) is 20.2. The van der Waals surface area contributed by atoms with Crippen molar-refractivity contribution in [2.45, 2.75) is 166 Å². The standard InChI is InChI=1S/C81H117NO27/c1-53(61(87)106-41-40-105-59-32-30-57(31-33-59)56-28-26-55(27-29-56)43-82-54(2)60(86)58-24-22-21-23-25-58)42-73(5,69(95)107-37-34-83)45-80(12,70(96)108-38-35-84)52-81(13,71(97)109-39-36-85)51-79(11,68(94)104-20)50-78(10,67(93)103-19)49-77(9,66(92)102-18)48-76(8,65(91)101-17)47-75(7,64(90)100-16)46-74(6,63(89)99-15)44-72(3,4)62(88)98-14/h21-33,54,60,82-86H,1,34-52H2,2-20H3/t54-,60-,73?,74?,75?,76?,77?,78?,79?,80?,81?/m1/s1. The van der Waals surface area contributed by atoms with Gasteiger partial charge in [0.2, 0.25) is 0 Å². The predicted octanol–water partition coefficient (Wildman–Crippen LogP) is 8.84. The fourth-order valence-corrected chi connectivity index (χ4v) is 16.3. The van der Waals surface area contributed by atoms with Gasteiger partial charge >= 0.3 is 65.7 Å². The highest BCUT2D eigenvalue weighted by atomic mass is 16.6. The molecule has 28 nitrogen and oxygen atoms in total. The molecular formula is C81H117NO27. The van der Waals surface area contributed by atoms with E-state index in [-0.39, 0.29) is 31.2 Å². The van der Waals surface area contributed by atoms with Crippen molar-refractivity contribution < 1.29 is 130 Å². The summed E-state index contributed by atoms with van der Waals surface area (Å²) in [4.78, 5) is 159. The highest BCUT2D eigenvalue weighted by Gasteiger charge is 2.61. The van der Waals surface area contributed by atoms with E-state index in [9.17, 15) is 68.4 Å². The Morgan fingerprint density at radius 2 is 0.679 bits per heavy atom. The molecule has 0 spiro atoms. The van der Waals surface area contributed by atoms with Gasteiger partial charge in [0.1, 0.15) is 38.8 Å². The Kier molecular flexibility index (Phi) is 35.3. The van der Waals surface area contributed by atoms with E-state index in [4.69, 9.17) is 56.8 Å². The maximum atomic E-state index is 15.0. The molecule has 0 aromatic heterocycles. The highest BCUT2D eigenvalue weighted by molar-refractivity contribution is 5.91. The van der Waals surface area contributed by atoms with Crippen molar-refractivity contribution >= 4 is 65.7 Å². The Morgan fingerprint density at radius 1 is 0.376 bits per heavy atom. The monoisotopic (exact) mass is 1540 g/mol. The molecule has 9 unspecified atom stereocenters. The average molecular weight is 1540 g/mol. The summed E-state index contributed by atoms with van der Waals surface area (Å²) >= 11 is 0. The summed E-state index contributed by atoms with van der Waals surface area (Å²) < 4.78 is 65.5. The number of carbonyl (C=O) groups excluding carboxylic acids is 11. The summed E-state index contributed by atoms with van der Waals surface area (Å²) in [5, 5.41) is 44.0. The van der Waals surface area contributed by atoms with Gasteiger partial charge in [0.25, 0.3) is 0 Å². The minimum atomic E-state index is -2.18. The molecule has 11 atom stereocenters. The fraction of sp³-hybridized carbons (Fsp3) is 0.617. The van der Waals surface area contributed by atoms with Gasteiger partial charge < -0.3 is 82.6 Å². The van der Waals surface area contributed by atoms with Crippen LogP contribution in [0, 0.1) is 54.1 Å². The van der Waals surface area contributed by atoms with E-state index >= 15 is 4.79 Å². The van der Waals surface area contributed by atoms with Gasteiger partial charge in [-0.15, -0.1) is 0 Å². The zero-order valence-electron chi connectivity index (χ0n) is 67.0. The molecule has 109 heavy (non-hydrogen) atoms. The van der Waals surface area contributed by atoms with Crippen LogP contribution in [0.2, 0.25) is 0 Å². The Labute approximate surface area is 640 Å². The zero-order valence-corrected chi connectivity index (χ0v) is 67.0. The van der Waals surface area contributed by atoms with Gasteiger partial charge in [-0.05, 0) is 182 Å². The summed E-state index contributed by atoms with van der Waals surface area (Å²) in [5.74, 6) is -10.4. The molecule has 0 bridgehead atoms. The van der Waals surface area contributed by atoms with Gasteiger partial charge in [-0.25, -0.2) is 4.79 Å². The van der Waals surface area contributed by atoms with Crippen LogP contribution >= 0.6 is 0 Å². The first-order valence-electron chi connectivity index (χ1n) is 35.9. The second kappa shape index (κ2) is 40.7. The van der Waals surface area contributed by atoms with E-state index in [1.165, 1.54) is 83.3 Å². The molecule has 3 rings (SSSR count). The van der Waals surface area contributed by atoms with Crippen molar-refractivity contribution in [2.75, 3.05) is 103 Å². The number of rotatable bonds is 47. The summed E-state index contributed by atoms with van der Waals surface area (Å²) in [7, 11) is 7.53. The number of aliphatic hydroxyl groups excluding tert-OH is 4. The normalized spacial score (nSPS) is 17.1. The van der Waals surface area contributed by atoms with Gasteiger partial charge in [0.05, 0.1) is 130 Å². The molecule has 0 saturated heterocycles. The molecule has 608 valence electrons. The van der Waals surface area contributed by atoms with Crippen molar-refractivity contribution in [1.82, 2.24) is 5.32 Å². The third kappa shape index (κ3) is 25.4. The first kappa shape index (κ1) is 94.4. The van der Waals surface area contributed by atoms with Crippen LogP contribution in [0.25, 0.3) is 11.1 Å². The fourth-order valence-electron chi connectivity index (χ4n) is 16.3. The zero-order chi connectivity index (χ0) is 82.8. The van der Waals surface area contributed by atoms with Gasteiger partial charge in [-0.1, -0.05) is 73.3 Å². The first-order chi connectivity index (χ1) is 50.8. The molecular weight excluding hydrogens is 1420 g/mol. The van der Waals surface area contributed by atoms with Gasteiger partial charge in [0, 0.05) is 18.2 Å². The molecule has 0 radical (unpaired) electrons. The van der Waals surface area contributed by atoms with Crippen molar-refractivity contribution in [3.63, 3.8) is 0 Å². The topological polar surface area (TPSA) is 391 Å². The summed E-state index contributed by atoms with van der Waals surface area (Å²) in [6.45, 7) is 17.4. The van der Waals surface area contributed by atoms with Crippen molar-refractivity contribution in [3.05, 3.63) is 102 Å². The van der Waals surface area contributed by atoms with E-state index in [2.05, 4.69) is 11.9 Å². The summed E-state index contributed by atoms with van der Waals surface area (Å²) in [6.07, 6.45) is -6.54. The van der Waals surface area contributed by atoms with Gasteiger partial charge in [-0.3, -0.25) is 47.9 Å². The van der Waals surface area contributed by atoms with Gasteiger partial charge in [-0.2, -0.15) is 0 Å². The largest absolute Gasteiger partial charge is 0.490 e. The number of hydrogen-bond acceptors (Lipinski definition) is 28. The summed E-state index contributed by atoms with van der Waals surface area (Å²) in [6, 6.07) is 24.4. The summed E-state index contributed by atoms with van der Waals surface area (Å²) in [5.41, 5.74) is -16.0. The first-order valence-corrected chi connectivity index (χ1v) is 35.9. The molecule has 0 heterocycles. The smallest absolute Gasteiger partial charge is 0.333 e. The molecule has 3 aromatic rings. The van der Waals surface area contributed by atoms with Gasteiger partial charge in [0.15, 0.2) is 0 Å². The Morgan fingerprint density at radius 3 is 1.01 bits per heavy atom. The lowest BCUT2D eigenvalue weighted by Crippen LogP contribution is -2.51. The number of benzene rings is 3. The number of carbonyl (C=O) groups is 11. The number of hydrogen-bond donors (Lipinski definition) is 5. The number of methoxy groups -OCH3 is 7. The van der Waals surface area contributed by atoms with Crippen molar-refractivity contribution in [1.29, 1.82) is 0 Å². The van der Waals surface area contributed by atoms with Crippen LogP contribution in [0.1, 0.15) is 165 Å². The number of ether oxygens (including phenoxy) is 12. The number of nitrogens with one attached hydrogen (secondary N) is 1. The Balaban J connectivity index is 2.12. The molecule has 3 aromatic carbocycles. The lowest BCUT2D eigenvalue weighted by Gasteiger charge is -2.47. The van der Waals surface area contributed by atoms with Crippen LogP contribution in [0.5, 0.6) is 5.75 Å². The van der Waals surface area contributed by atoms with Crippen LogP contribution < -0.4 is 10.1 Å². The number of esters is 11. The maximum Gasteiger partial charge on any atom is 0.333 e. The molecule has 0 saturated carbocycles. The molecule has 0 fully saturated rings. The van der Waals surface area contributed by atoms with Crippen LogP contribution in [-0.2, 0) is 111 Å². The second-order valence-electron chi connectivity index (χ2n) is 31.6.